The summed E-state index contributed by atoms with van der Waals surface area (Å²) in [7, 11) is -3.80. The fourth-order valence-corrected chi connectivity index (χ4v) is 3.75. The van der Waals surface area contributed by atoms with E-state index in [4.69, 9.17) is 5.73 Å². The number of hydrogen-bond donors (Lipinski definition) is 3. The highest BCUT2D eigenvalue weighted by Gasteiger charge is 2.28. The van der Waals surface area contributed by atoms with Crippen molar-refractivity contribution in [3.05, 3.63) is 59.9 Å². The number of nitrogens with one attached hydrogen (secondary N) is 2. The van der Waals surface area contributed by atoms with Gasteiger partial charge in [0.2, 0.25) is 5.91 Å². The van der Waals surface area contributed by atoms with Crippen molar-refractivity contribution in [2.75, 3.05) is 11.3 Å². The molecule has 28 heavy (non-hydrogen) atoms. The zero-order valence-electron chi connectivity index (χ0n) is 15.1. The van der Waals surface area contributed by atoms with Crippen molar-refractivity contribution >= 4 is 34.0 Å². The molecule has 0 bridgehead atoms. The molecule has 1 amide bonds. The van der Waals surface area contributed by atoms with Gasteiger partial charge in [-0.2, -0.15) is 0 Å². The van der Waals surface area contributed by atoms with Gasteiger partial charge in [0, 0.05) is 18.3 Å². The van der Waals surface area contributed by atoms with E-state index in [-0.39, 0.29) is 35.7 Å². The van der Waals surface area contributed by atoms with Crippen LogP contribution in [0.5, 0.6) is 0 Å². The zero-order valence-corrected chi connectivity index (χ0v) is 16.7. The third kappa shape index (κ3) is 6.19. The quantitative estimate of drug-likeness (QED) is 0.602. The molecule has 0 aliphatic heterocycles. The second-order valence-corrected chi connectivity index (χ2v) is 8.42. The van der Waals surface area contributed by atoms with Crippen molar-refractivity contribution < 1.29 is 17.6 Å². The number of carbonyl (C=O) groups excluding carboxylic acids is 1. The number of sulfonamides is 1. The first-order chi connectivity index (χ1) is 12.8. The lowest BCUT2D eigenvalue weighted by atomic mass is 10.1. The fraction of sp³-hybridized carbons (Fsp3) is 0.316. The van der Waals surface area contributed by atoms with E-state index in [1.807, 2.05) is 0 Å². The molecule has 0 spiro atoms. The van der Waals surface area contributed by atoms with E-state index in [2.05, 4.69) is 10.0 Å². The average molecular weight is 428 g/mol. The molecule has 1 atom stereocenters. The highest BCUT2D eigenvalue weighted by atomic mass is 35.5. The van der Waals surface area contributed by atoms with Crippen LogP contribution in [-0.4, -0.2) is 26.9 Å². The highest BCUT2D eigenvalue weighted by Crippen LogP contribution is 2.31. The van der Waals surface area contributed by atoms with Gasteiger partial charge in [0.15, 0.2) is 0 Å². The molecule has 1 aliphatic carbocycles. The Bertz CT molecular complexity index is 901. The zero-order chi connectivity index (χ0) is 19.4. The monoisotopic (exact) mass is 427 g/mol. The number of carbonyl (C=O) groups is 1. The summed E-state index contributed by atoms with van der Waals surface area (Å²) >= 11 is 0. The van der Waals surface area contributed by atoms with Crippen LogP contribution in [-0.2, 0) is 21.2 Å². The summed E-state index contributed by atoms with van der Waals surface area (Å²) in [6.07, 6.45) is 2.46. The number of halogens is 2. The number of rotatable bonds is 8. The van der Waals surface area contributed by atoms with Crippen molar-refractivity contribution in [3.63, 3.8) is 0 Å². The molecule has 9 heteroatoms. The van der Waals surface area contributed by atoms with Gasteiger partial charge in [-0.1, -0.05) is 12.1 Å². The number of nitrogens with two attached hydrogens (primary N) is 1. The van der Waals surface area contributed by atoms with Gasteiger partial charge in [-0.05, 0) is 60.7 Å². The van der Waals surface area contributed by atoms with Gasteiger partial charge < -0.3 is 11.1 Å². The van der Waals surface area contributed by atoms with Crippen LogP contribution in [0.2, 0.25) is 0 Å². The van der Waals surface area contributed by atoms with Crippen LogP contribution in [0.1, 0.15) is 18.4 Å². The van der Waals surface area contributed by atoms with Crippen LogP contribution in [0.15, 0.2) is 53.4 Å². The minimum Gasteiger partial charge on any atom is -0.354 e. The lowest BCUT2D eigenvalue weighted by molar-refractivity contribution is -0.120. The van der Waals surface area contributed by atoms with E-state index in [0.717, 1.165) is 30.5 Å². The second-order valence-electron chi connectivity index (χ2n) is 6.74. The number of amides is 1. The smallest absolute Gasteiger partial charge is 0.261 e. The van der Waals surface area contributed by atoms with Crippen molar-refractivity contribution in [3.8, 4) is 0 Å². The standard InChI is InChI=1S/C19H22FN3O3S.ClH/c20-15-5-9-17(10-6-15)27(25,26)23-16-7-1-13(2-8-16)11-19(24)22-12-18(21)14-3-4-14;/h1-2,5-10,14,18,23H,3-4,11-12,21H2,(H,22,24);1H. The third-order valence-electron chi connectivity index (χ3n) is 4.46. The van der Waals surface area contributed by atoms with Gasteiger partial charge in [-0.15, -0.1) is 12.4 Å². The summed E-state index contributed by atoms with van der Waals surface area (Å²) in [4.78, 5) is 11.9. The van der Waals surface area contributed by atoms with E-state index in [9.17, 15) is 17.6 Å². The van der Waals surface area contributed by atoms with Crippen molar-refractivity contribution in [1.29, 1.82) is 0 Å². The summed E-state index contributed by atoms with van der Waals surface area (Å²) in [5, 5.41) is 2.83. The molecule has 2 aromatic rings. The molecule has 2 aromatic carbocycles. The minimum absolute atomic E-state index is 0. The maximum atomic E-state index is 12.9. The van der Waals surface area contributed by atoms with E-state index in [1.54, 1.807) is 24.3 Å². The van der Waals surface area contributed by atoms with E-state index in [1.165, 1.54) is 12.1 Å². The van der Waals surface area contributed by atoms with Crippen LogP contribution >= 0.6 is 12.4 Å². The van der Waals surface area contributed by atoms with Crippen molar-refractivity contribution in [2.24, 2.45) is 11.7 Å². The van der Waals surface area contributed by atoms with Crippen LogP contribution in [0, 0.1) is 11.7 Å². The average Bonchev–Trinajstić information content (AvgIpc) is 3.47. The first kappa shape index (κ1) is 22.1. The van der Waals surface area contributed by atoms with Gasteiger partial charge in [0.1, 0.15) is 5.82 Å². The first-order valence-electron chi connectivity index (χ1n) is 8.73. The number of anilines is 1. The van der Waals surface area contributed by atoms with Crippen molar-refractivity contribution in [1.82, 2.24) is 5.32 Å². The normalized spacial score (nSPS) is 14.6. The summed E-state index contributed by atoms with van der Waals surface area (Å²) in [5.41, 5.74) is 7.08. The summed E-state index contributed by atoms with van der Waals surface area (Å²) in [5.74, 6) is -0.0980. The molecule has 0 saturated heterocycles. The maximum absolute atomic E-state index is 12.9. The molecule has 1 fully saturated rings. The van der Waals surface area contributed by atoms with Gasteiger partial charge in [-0.25, -0.2) is 12.8 Å². The van der Waals surface area contributed by atoms with Gasteiger partial charge >= 0.3 is 0 Å². The largest absolute Gasteiger partial charge is 0.354 e. The predicted octanol–water partition coefficient (Wildman–Crippen LogP) is 2.44. The molecule has 0 aromatic heterocycles. The molecule has 152 valence electrons. The van der Waals surface area contributed by atoms with E-state index >= 15 is 0 Å². The Morgan fingerprint density at radius 2 is 1.71 bits per heavy atom. The Balaban J connectivity index is 0.00000280. The Morgan fingerprint density at radius 1 is 1.11 bits per heavy atom. The lowest BCUT2D eigenvalue weighted by Crippen LogP contribution is -2.39. The molecular formula is C19H23ClFN3O3S. The Kier molecular flexibility index (Phi) is 7.40. The topological polar surface area (TPSA) is 101 Å². The van der Waals surface area contributed by atoms with Crippen LogP contribution in [0.3, 0.4) is 0 Å². The Labute approximate surface area is 170 Å². The van der Waals surface area contributed by atoms with Crippen LogP contribution < -0.4 is 15.8 Å². The summed E-state index contributed by atoms with van der Waals surface area (Å²) in [6, 6.07) is 11.1. The molecule has 6 nitrogen and oxygen atoms in total. The first-order valence-corrected chi connectivity index (χ1v) is 10.2. The van der Waals surface area contributed by atoms with Gasteiger partial charge in [-0.3, -0.25) is 9.52 Å². The number of hydrogen-bond acceptors (Lipinski definition) is 4. The van der Waals surface area contributed by atoms with E-state index in [0.29, 0.717) is 18.2 Å². The molecule has 1 saturated carbocycles. The lowest BCUT2D eigenvalue weighted by Gasteiger charge is -2.12. The fourth-order valence-electron chi connectivity index (χ4n) is 2.69. The van der Waals surface area contributed by atoms with Crippen LogP contribution in [0.4, 0.5) is 10.1 Å². The predicted molar refractivity (Wildman–Crippen MR) is 108 cm³/mol. The van der Waals surface area contributed by atoms with Gasteiger partial charge in [0.25, 0.3) is 10.0 Å². The molecule has 1 unspecified atom stereocenters. The van der Waals surface area contributed by atoms with E-state index < -0.39 is 15.8 Å². The third-order valence-corrected chi connectivity index (χ3v) is 5.85. The van der Waals surface area contributed by atoms with Crippen LogP contribution in [0.25, 0.3) is 0 Å². The molecule has 4 N–H and O–H groups in total. The Morgan fingerprint density at radius 3 is 2.29 bits per heavy atom. The second kappa shape index (κ2) is 9.36. The maximum Gasteiger partial charge on any atom is 0.261 e. The molecule has 3 rings (SSSR count). The van der Waals surface area contributed by atoms with Gasteiger partial charge in [0.05, 0.1) is 11.3 Å². The van der Waals surface area contributed by atoms with Crippen molar-refractivity contribution in [2.45, 2.75) is 30.2 Å². The molecule has 0 radical (unpaired) electrons. The highest BCUT2D eigenvalue weighted by molar-refractivity contribution is 7.92. The molecular weight excluding hydrogens is 405 g/mol. The molecule has 0 heterocycles. The summed E-state index contributed by atoms with van der Waals surface area (Å²) < 4.78 is 39.9. The SMILES string of the molecule is Cl.NC(CNC(=O)Cc1ccc(NS(=O)(=O)c2ccc(F)cc2)cc1)C1CC1. The summed E-state index contributed by atoms with van der Waals surface area (Å²) in [6.45, 7) is 0.471. The molecule has 1 aliphatic rings. The Hall–Kier alpha value is -2.16. The number of benzene rings is 2. The minimum atomic E-state index is -3.80.